The molecule has 0 bridgehead atoms. The monoisotopic (exact) mass is 456 g/mol. The molecule has 1 aromatic heterocycles. The lowest BCUT2D eigenvalue weighted by Crippen LogP contribution is -2.45. The molecule has 1 aliphatic rings. The van der Waals surface area contributed by atoms with Crippen molar-refractivity contribution >= 4 is 58.7 Å². The van der Waals surface area contributed by atoms with Crippen molar-refractivity contribution in [3.05, 3.63) is 55.8 Å². The third-order valence-corrected chi connectivity index (χ3v) is 5.44. The van der Waals surface area contributed by atoms with Crippen LogP contribution in [0.5, 0.6) is 0 Å². The van der Waals surface area contributed by atoms with E-state index >= 15 is 0 Å². The van der Waals surface area contributed by atoms with Crippen LogP contribution in [0.1, 0.15) is 16.5 Å². The average Bonchev–Trinajstić information content (AvgIpc) is 2.96. The summed E-state index contributed by atoms with van der Waals surface area (Å²) in [6.07, 6.45) is 0. The minimum atomic E-state index is 0. The summed E-state index contributed by atoms with van der Waals surface area (Å²) in [5, 5.41) is 5.62. The highest BCUT2D eigenvalue weighted by molar-refractivity contribution is 14.1. The minimum Gasteiger partial charge on any atom is -0.314 e. The number of piperazine rings is 1. The van der Waals surface area contributed by atoms with Gasteiger partial charge in [0.05, 0.1) is 6.04 Å². The molecule has 0 aliphatic carbocycles. The zero-order valence-corrected chi connectivity index (χ0v) is 16.1. The van der Waals surface area contributed by atoms with Crippen molar-refractivity contribution < 1.29 is 0 Å². The predicted molar refractivity (Wildman–Crippen MR) is 104 cm³/mol. The molecular weight excluding hydrogens is 438 g/mol. The van der Waals surface area contributed by atoms with Crippen molar-refractivity contribution in [3.63, 3.8) is 0 Å². The van der Waals surface area contributed by atoms with Crippen LogP contribution in [-0.4, -0.2) is 31.1 Å². The Morgan fingerprint density at radius 1 is 1.05 bits per heavy atom. The number of thiophene rings is 1. The van der Waals surface area contributed by atoms with E-state index in [2.05, 4.69) is 74.6 Å². The van der Waals surface area contributed by atoms with Gasteiger partial charge in [0.1, 0.15) is 0 Å². The number of hydrogen-bond donors (Lipinski definition) is 1. The Labute approximate surface area is 156 Å². The molecule has 1 fully saturated rings. The molecule has 0 radical (unpaired) electrons. The largest absolute Gasteiger partial charge is 0.314 e. The molecule has 0 spiro atoms. The molecule has 6 heteroatoms. The average molecular weight is 457 g/mol. The highest BCUT2D eigenvalue weighted by atomic mass is 127. The Morgan fingerprint density at radius 3 is 2.38 bits per heavy atom. The van der Waals surface area contributed by atoms with Gasteiger partial charge in [0, 0.05) is 34.6 Å². The zero-order valence-electron chi connectivity index (χ0n) is 11.5. The molecule has 1 N–H and O–H groups in total. The van der Waals surface area contributed by atoms with Crippen LogP contribution in [0, 0.1) is 3.57 Å². The zero-order chi connectivity index (χ0) is 13.1. The second-order valence-electron chi connectivity index (χ2n) is 4.73. The Kier molecular flexibility index (Phi) is 8.52. The molecule has 3 rings (SSSR count). The van der Waals surface area contributed by atoms with E-state index in [4.69, 9.17) is 0 Å². The standard InChI is InChI=1S/C15H17IN2S.2ClH/c16-13-5-2-1-4-12(13)15(14-6-3-11-19-14)18-9-7-17-8-10-18;;/h1-6,11,15,17H,7-10H2;2*1H/t15-;;/m1../s1. The van der Waals surface area contributed by atoms with E-state index in [0.29, 0.717) is 6.04 Å². The van der Waals surface area contributed by atoms with Crippen LogP contribution in [0.15, 0.2) is 41.8 Å². The summed E-state index contributed by atoms with van der Waals surface area (Å²) < 4.78 is 1.36. The maximum atomic E-state index is 3.44. The smallest absolute Gasteiger partial charge is 0.0707 e. The summed E-state index contributed by atoms with van der Waals surface area (Å²) in [6.45, 7) is 4.41. The number of nitrogens with zero attached hydrogens (tertiary/aromatic N) is 1. The molecule has 1 aliphatic heterocycles. The van der Waals surface area contributed by atoms with Crippen molar-refractivity contribution in [2.45, 2.75) is 6.04 Å². The molecule has 0 saturated carbocycles. The van der Waals surface area contributed by atoms with Gasteiger partial charge in [-0.3, -0.25) is 4.90 Å². The first-order chi connectivity index (χ1) is 9.36. The molecule has 2 heterocycles. The van der Waals surface area contributed by atoms with Crippen LogP contribution >= 0.6 is 58.7 Å². The molecule has 116 valence electrons. The first-order valence-electron chi connectivity index (χ1n) is 6.59. The number of halogens is 3. The van der Waals surface area contributed by atoms with E-state index in [1.165, 1.54) is 14.0 Å². The predicted octanol–water partition coefficient (Wildman–Crippen LogP) is 4.19. The molecule has 1 saturated heterocycles. The van der Waals surface area contributed by atoms with Crippen LogP contribution < -0.4 is 5.32 Å². The van der Waals surface area contributed by atoms with Gasteiger partial charge in [0.25, 0.3) is 0 Å². The fourth-order valence-electron chi connectivity index (χ4n) is 2.61. The summed E-state index contributed by atoms with van der Waals surface area (Å²) in [7, 11) is 0. The summed E-state index contributed by atoms with van der Waals surface area (Å²) in [6, 6.07) is 13.6. The van der Waals surface area contributed by atoms with E-state index in [0.717, 1.165) is 26.2 Å². The van der Waals surface area contributed by atoms with Gasteiger partial charge in [0.2, 0.25) is 0 Å². The fraction of sp³-hybridized carbons (Fsp3) is 0.333. The van der Waals surface area contributed by atoms with E-state index < -0.39 is 0 Å². The summed E-state index contributed by atoms with van der Waals surface area (Å²) >= 11 is 4.32. The number of hydrogen-bond acceptors (Lipinski definition) is 3. The highest BCUT2D eigenvalue weighted by Gasteiger charge is 2.25. The Balaban J connectivity index is 0.00000110. The van der Waals surface area contributed by atoms with Gasteiger partial charge in [0.15, 0.2) is 0 Å². The van der Waals surface area contributed by atoms with Gasteiger partial charge < -0.3 is 5.32 Å². The molecule has 2 aromatic rings. The normalized spacial score (nSPS) is 16.6. The third-order valence-electron chi connectivity index (χ3n) is 3.53. The summed E-state index contributed by atoms with van der Waals surface area (Å²) in [5.41, 5.74) is 1.44. The van der Waals surface area contributed by atoms with Gasteiger partial charge in [-0.05, 0) is 45.7 Å². The first kappa shape index (κ1) is 19.2. The molecule has 1 atom stereocenters. The molecule has 2 nitrogen and oxygen atoms in total. The van der Waals surface area contributed by atoms with E-state index in [1.54, 1.807) is 0 Å². The SMILES string of the molecule is Cl.Cl.Ic1ccccc1[C@H](c1cccs1)N1CCNCC1. The van der Waals surface area contributed by atoms with Crippen LogP contribution in [0.25, 0.3) is 0 Å². The highest BCUT2D eigenvalue weighted by Crippen LogP contribution is 2.34. The van der Waals surface area contributed by atoms with Crippen molar-refractivity contribution in [1.82, 2.24) is 10.2 Å². The Bertz CT molecular complexity index is 530. The Hall–Kier alpha value is 0.150. The number of benzene rings is 1. The lowest BCUT2D eigenvalue weighted by molar-refractivity contribution is 0.200. The topological polar surface area (TPSA) is 15.3 Å². The van der Waals surface area contributed by atoms with Gasteiger partial charge >= 0.3 is 0 Å². The quantitative estimate of drug-likeness (QED) is 0.696. The van der Waals surface area contributed by atoms with Crippen molar-refractivity contribution in [3.8, 4) is 0 Å². The Morgan fingerprint density at radius 2 is 1.76 bits per heavy atom. The first-order valence-corrected chi connectivity index (χ1v) is 8.55. The van der Waals surface area contributed by atoms with Crippen LogP contribution in [-0.2, 0) is 0 Å². The van der Waals surface area contributed by atoms with E-state index in [9.17, 15) is 0 Å². The lowest BCUT2D eigenvalue weighted by atomic mass is 10.0. The molecule has 0 unspecified atom stereocenters. The van der Waals surface area contributed by atoms with Crippen LogP contribution in [0.2, 0.25) is 0 Å². The second-order valence-corrected chi connectivity index (χ2v) is 6.87. The van der Waals surface area contributed by atoms with Gasteiger partial charge in [-0.2, -0.15) is 0 Å². The minimum absolute atomic E-state index is 0. The van der Waals surface area contributed by atoms with Crippen molar-refractivity contribution in [2.75, 3.05) is 26.2 Å². The maximum Gasteiger partial charge on any atom is 0.0707 e. The summed E-state index contributed by atoms with van der Waals surface area (Å²) in [5.74, 6) is 0. The number of rotatable bonds is 3. The van der Waals surface area contributed by atoms with E-state index in [1.807, 2.05) is 11.3 Å². The third kappa shape index (κ3) is 4.56. The molecule has 0 amide bonds. The maximum absolute atomic E-state index is 3.44. The van der Waals surface area contributed by atoms with Gasteiger partial charge in [-0.25, -0.2) is 0 Å². The van der Waals surface area contributed by atoms with Gasteiger partial charge in [-0.15, -0.1) is 36.2 Å². The molecule has 1 aromatic carbocycles. The van der Waals surface area contributed by atoms with Crippen LogP contribution in [0.4, 0.5) is 0 Å². The fourth-order valence-corrected chi connectivity index (χ4v) is 4.17. The number of nitrogens with one attached hydrogen (secondary N) is 1. The van der Waals surface area contributed by atoms with Gasteiger partial charge in [-0.1, -0.05) is 24.3 Å². The summed E-state index contributed by atoms with van der Waals surface area (Å²) in [4.78, 5) is 4.05. The molecular formula is C15H19Cl2IN2S. The van der Waals surface area contributed by atoms with Crippen molar-refractivity contribution in [1.29, 1.82) is 0 Å². The molecule has 21 heavy (non-hydrogen) atoms. The van der Waals surface area contributed by atoms with E-state index in [-0.39, 0.29) is 24.8 Å². The van der Waals surface area contributed by atoms with Crippen molar-refractivity contribution in [2.24, 2.45) is 0 Å². The second kappa shape index (κ2) is 9.33. The van der Waals surface area contributed by atoms with Crippen LogP contribution in [0.3, 0.4) is 0 Å². The lowest BCUT2D eigenvalue weighted by Gasteiger charge is -2.35.